The number of nitrogens with one attached hydrogen (secondary N) is 1. The molecule has 1 aromatic heterocycles. The Morgan fingerprint density at radius 3 is 2.94 bits per heavy atom. The van der Waals surface area contributed by atoms with Gasteiger partial charge >= 0.3 is 6.18 Å². The van der Waals surface area contributed by atoms with Crippen molar-refractivity contribution >= 4 is 11.3 Å². The van der Waals surface area contributed by atoms with Crippen LogP contribution in [0.25, 0.3) is 0 Å². The molecule has 1 N–H and O–H groups in total. The van der Waals surface area contributed by atoms with Gasteiger partial charge in [-0.3, -0.25) is 0 Å². The van der Waals surface area contributed by atoms with E-state index in [1.807, 2.05) is 5.38 Å². The summed E-state index contributed by atoms with van der Waals surface area (Å²) in [7, 11) is 0. The van der Waals surface area contributed by atoms with Crippen molar-refractivity contribution in [3.05, 3.63) is 21.4 Å². The lowest BCUT2D eigenvalue weighted by molar-refractivity contribution is -0.125. The van der Waals surface area contributed by atoms with E-state index in [1.165, 1.54) is 10.4 Å². The summed E-state index contributed by atoms with van der Waals surface area (Å²) in [5.74, 6) is 0.706. The Kier molecular flexibility index (Phi) is 3.78. The molecule has 0 fully saturated rings. The van der Waals surface area contributed by atoms with Gasteiger partial charge in [-0.15, -0.1) is 11.3 Å². The molecule has 2 rings (SSSR count). The predicted molar refractivity (Wildman–Crippen MR) is 63.3 cm³/mol. The minimum Gasteiger partial charge on any atom is -0.305 e. The second-order valence-electron chi connectivity index (χ2n) is 4.73. The first-order valence-electron chi connectivity index (χ1n) is 5.81. The average molecular weight is 263 g/mol. The van der Waals surface area contributed by atoms with Gasteiger partial charge in [0, 0.05) is 11.4 Å². The highest BCUT2D eigenvalue weighted by Gasteiger charge is 2.26. The van der Waals surface area contributed by atoms with Crippen molar-refractivity contribution in [1.29, 1.82) is 0 Å². The summed E-state index contributed by atoms with van der Waals surface area (Å²) in [4.78, 5) is 1.37. The van der Waals surface area contributed by atoms with E-state index in [1.54, 1.807) is 11.3 Å². The van der Waals surface area contributed by atoms with Gasteiger partial charge in [-0.1, -0.05) is 6.92 Å². The highest BCUT2D eigenvalue weighted by molar-refractivity contribution is 7.10. The molecule has 0 aliphatic heterocycles. The number of hydrogen-bond donors (Lipinski definition) is 1. The minimum absolute atomic E-state index is 0.333. The van der Waals surface area contributed by atoms with Crippen LogP contribution in [0.3, 0.4) is 0 Å². The third-order valence-corrected chi connectivity index (χ3v) is 4.23. The fraction of sp³-hybridized carbons (Fsp3) is 0.667. The molecule has 0 amide bonds. The van der Waals surface area contributed by atoms with Gasteiger partial charge in [-0.05, 0) is 41.7 Å². The lowest BCUT2D eigenvalue weighted by Crippen LogP contribution is -2.28. The van der Waals surface area contributed by atoms with Crippen LogP contribution in [0.4, 0.5) is 13.2 Å². The van der Waals surface area contributed by atoms with Gasteiger partial charge in [-0.25, -0.2) is 0 Å². The van der Waals surface area contributed by atoms with Crippen LogP contribution in [0.15, 0.2) is 5.38 Å². The molecule has 1 aliphatic carbocycles. The van der Waals surface area contributed by atoms with E-state index in [4.69, 9.17) is 0 Å². The number of hydrogen-bond acceptors (Lipinski definition) is 2. The molecule has 1 atom stereocenters. The summed E-state index contributed by atoms with van der Waals surface area (Å²) in [5.41, 5.74) is 2.35. The third-order valence-electron chi connectivity index (χ3n) is 3.13. The Labute approximate surface area is 103 Å². The molecule has 1 aliphatic rings. The smallest absolute Gasteiger partial charge is 0.305 e. The van der Waals surface area contributed by atoms with Gasteiger partial charge in [0.05, 0.1) is 6.54 Å². The molecule has 0 bridgehead atoms. The molecule has 5 heteroatoms. The van der Waals surface area contributed by atoms with Gasteiger partial charge in [0.2, 0.25) is 0 Å². The Morgan fingerprint density at radius 2 is 2.24 bits per heavy atom. The highest BCUT2D eigenvalue weighted by Crippen LogP contribution is 2.32. The second-order valence-corrected chi connectivity index (χ2v) is 5.69. The van der Waals surface area contributed by atoms with Crippen LogP contribution in [-0.2, 0) is 19.4 Å². The molecule has 0 radical (unpaired) electrons. The van der Waals surface area contributed by atoms with Gasteiger partial charge in [0.1, 0.15) is 0 Å². The van der Waals surface area contributed by atoms with Gasteiger partial charge < -0.3 is 5.32 Å². The number of halogens is 3. The average Bonchev–Trinajstić information content (AvgIpc) is 2.59. The van der Waals surface area contributed by atoms with Crippen molar-refractivity contribution in [2.45, 2.75) is 38.9 Å². The fourth-order valence-electron chi connectivity index (χ4n) is 2.23. The zero-order valence-corrected chi connectivity index (χ0v) is 10.5. The minimum atomic E-state index is -4.12. The summed E-state index contributed by atoms with van der Waals surface area (Å²) in [6.07, 6.45) is -0.872. The van der Waals surface area contributed by atoms with E-state index in [0.717, 1.165) is 24.8 Å². The fourth-order valence-corrected chi connectivity index (χ4v) is 3.50. The molecule has 0 saturated heterocycles. The maximum absolute atomic E-state index is 12.0. The van der Waals surface area contributed by atoms with E-state index in [-0.39, 0.29) is 0 Å². The summed E-state index contributed by atoms with van der Waals surface area (Å²) in [5, 5.41) is 4.48. The van der Waals surface area contributed by atoms with Gasteiger partial charge in [0.25, 0.3) is 0 Å². The standard InChI is InChI=1S/C12H16F3NS/c1-8-2-3-10-9(6-17-11(10)4-8)5-16-7-12(13,14)15/h6,8,16H,2-5,7H2,1H3. The quantitative estimate of drug-likeness (QED) is 0.879. The van der Waals surface area contributed by atoms with E-state index >= 15 is 0 Å². The highest BCUT2D eigenvalue weighted by atomic mass is 32.1. The summed E-state index contributed by atoms with van der Waals surface area (Å²) in [6.45, 7) is 1.65. The SMILES string of the molecule is CC1CCc2c(CNCC(F)(F)F)csc2C1. The lowest BCUT2D eigenvalue weighted by Gasteiger charge is -2.19. The van der Waals surface area contributed by atoms with Crippen LogP contribution < -0.4 is 5.32 Å². The molecule has 1 heterocycles. The number of fused-ring (bicyclic) bond motifs is 1. The first-order valence-corrected chi connectivity index (χ1v) is 6.69. The topological polar surface area (TPSA) is 12.0 Å². The van der Waals surface area contributed by atoms with Crippen LogP contribution >= 0.6 is 11.3 Å². The first kappa shape index (κ1) is 12.9. The maximum Gasteiger partial charge on any atom is 0.401 e. The summed E-state index contributed by atoms with van der Waals surface area (Å²) < 4.78 is 36.0. The van der Waals surface area contributed by atoms with E-state index in [2.05, 4.69) is 12.2 Å². The zero-order chi connectivity index (χ0) is 12.5. The van der Waals surface area contributed by atoms with Crippen LogP contribution in [-0.4, -0.2) is 12.7 Å². The number of thiophene rings is 1. The molecular weight excluding hydrogens is 247 g/mol. The van der Waals surface area contributed by atoms with Crippen molar-refractivity contribution in [3.8, 4) is 0 Å². The molecule has 1 aromatic rings. The maximum atomic E-state index is 12.0. The Hall–Kier alpha value is -0.550. The van der Waals surface area contributed by atoms with Crippen molar-refractivity contribution in [3.63, 3.8) is 0 Å². The molecule has 1 nitrogen and oxygen atoms in total. The Morgan fingerprint density at radius 1 is 1.47 bits per heavy atom. The van der Waals surface area contributed by atoms with Crippen LogP contribution in [0, 0.1) is 5.92 Å². The lowest BCUT2D eigenvalue weighted by atomic mass is 9.88. The van der Waals surface area contributed by atoms with Crippen molar-refractivity contribution < 1.29 is 13.2 Å². The molecule has 1 unspecified atom stereocenters. The predicted octanol–water partition coefficient (Wildman–Crippen LogP) is 3.52. The summed E-state index contributed by atoms with van der Waals surface area (Å²) in [6, 6.07) is 0. The second kappa shape index (κ2) is 4.98. The summed E-state index contributed by atoms with van der Waals surface area (Å²) >= 11 is 1.69. The molecule has 17 heavy (non-hydrogen) atoms. The normalized spacial score (nSPS) is 20.4. The third kappa shape index (κ3) is 3.45. The van der Waals surface area contributed by atoms with Crippen LogP contribution in [0.5, 0.6) is 0 Å². The molecule has 0 aromatic carbocycles. The van der Waals surface area contributed by atoms with Gasteiger partial charge in [-0.2, -0.15) is 13.2 Å². The number of rotatable bonds is 3. The monoisotopic (exact) mass is 263 g/mol. The Bertz CT molecular complexity index is 384. The van der Waals surface area contributed by atoms with Crippen LogP contribution in [0.1, 0.15) is 29.3 Å². The Balaban J connectivity index is 1.94. The molecule has 0 saturated carbocycles. The van der Waals surface area contributed by atoms with Crippen molar-refractivity contribution in [2.24, 2.45) is 5.92 Å². The largest absolute Gasteiger partial charge is 0.401 e. The number of alkyl halides is 3. The molecule has 0 spiro atoms. The van der Waals surface area contributed by atoms with E-state index < -0.39 is 12.7 Å². The van der Waals surface area contributed by atoms with E-state index in [9.17, 15) is 13.2 Å². The van der Waals surface area contributed by atoms with Crippen molar-refractivity contribution in [2.75, 3.05) is 6.54 Å². The zero-order valence-electron chi connectivity index (χ0n) is 9.73. The van der Waals surface area contributed by atoms with Crippen molar-refractivity contribution in [1.82, 2.24) is 5.32 Å². The van der Waals surface area contributed by atoms with E-state index in [0.29, 0.717) is 12.5 Å². The molecular formula is C12H16F3NS. The molecule has 96 valence electrons. The van der Waals surface area contributed by atoms with Gasteiger partial charge in [0.15, 0.2) is 0 Å². The first-order chi connectivity index (χ1) is 7.96. The van der Waals surface area contributed by atoms with Crippen LogP contribution in [0.2, 0.25) is 0 Å².